The van der Waals surface area contributed by atoms with E-state index in [0.717, 1.165) is 6.54 Å². The maximum Gasteiger partial charge on any atom is 0.0953 e. The third-order valence-electron chi connectivity index (χ3n) is 4.07. The molecule has 0 saturated heterocycles. The number of ether oxygens (including phenoxy) is 1. The summed E-state index contributed by atoms with van der Waals surface area (Å²) in [6, 6.07) is 9.29. The van der Waals surface area contributed by atoms with E-state index in [1.54, 1.807) is 0 Å². The Labute approximate surface area is 123 Å². The third-order valence-corrected chi connectivity index (χ3v) is 4.07. The Hall–Kier alpha value is -0.860. The molecular formula is C18H29NO. The number of rotatable bonds is 6. The Morgan fingerprint density at radius 2 is 1.75 bits per heavy atom. The van der Waals surface area contributed by atoms with Gasteiger partial charge in [0.15, 0.2) is 0 Å². The van der Waals surface area contributed by atoms with E-state index in [9.17, 15) is 0 Å². The van der Waals surface area contributed by atoms with Crippen molar-refractivity contribution in [2.45, 2.75) is 71.1 Å². The van der Waals surface area contributed by atoms with Crippen LogP contribution in [0.5, 0.6) is 0 Å². The number of benzene rings is 1. The van der Waals surface area contributed by atoms with Crippen molar-refractivity contribution >= 4 is 0 Å². The summed E-state index contributed by atoms with van der Waals surface area (Å²) in [5, 5.41) is 3.52. The van der Waals surface area contributed by atoms with Gasteiger partial charge < -0.3 is 10.1 Å². The average Bonchev–Trinajstić information content (AvgIpc) is 2.45. The van der Waals surface area contributed by atoms with Crippen LogP contribution in [0.1, 0.15) is 63.2 Å². The Morgan fingerprint density at radius 3 is 2.35 bits per heavy atom. The van der Waals surface area contributed by atoms with E-state index in [2.05, 4.69) is 50.4 Å². The number of hydrogen-bond donors (Lipinski definition) is 1. The Kier molecular flexibility index (Phi) is 6.06. The van der Waals surface area contributed by atoms with Gasteiger partial charge in [-0.05, 0) is 25.3 Å². The Morgan fingerprint density at radius 1 is 1.10 bits per heavy atom. The molecule has 1 saturated carbocycles. The zero-order valence-corrected chi connectivity index (χ0v) is 13.2. The molecule has 0 aliphatic heterocycles. The third kappa shape index (κ3) is 4.92. The van der Waals surface area contributed by atoms with Gasteiger partial charge in [-0.2, -0.15) is 0 Å². The van der Waals surface area contributed by atoms with Crippen LogP contribution in [-0.4, -0.2) is 18.7 Å². The van der Waals surface area contributed by atoms with Crippen LogP contribution in [0.15, 0.2) is 24.3 Å². The quantitative estimate of drug-likeness (QED) is 0.831. The molecule has 0 heterocycles. The minimum atomic E-state index is 0.182. The minimum absolute atomic E-state index is 0.182. The van der Waals surface area contributed by atoms with E-state index in [4.69, 9.17) is 4.74 Å². The highest BCUT2D eigenvalue weighted by atomic mass is 16.5. The molecule has 1 aliphatic rings. The first-order valence-electron chi connectivity index (χ1n) is 8.10. The first kappa shape index (κ1) is 15.5. The lowest BCUT2D eigenvalue weighted by molar-refractivity contribution is -0.0313. The van der Waals surface area contributed by atoms with Crippen LogP contribution >= 0.6 is 0 Å². The first-order valence-corrected chi connectivity index (χ1v) is 8.10. The van der Waals surface area contributed by atoms with Crippen molar-refractivity contribution in [3.63, 3.8) is 0 Å². The maximum absolute atomic E-state index is 6.41. The second-order valence-electron chi connectivity index (χ2n) is 6.36. The second-order valence-corrected chi connectivity index (χ2v) is 6.36. The molecule has 20 heavy (non-hydrogen) atoms. The van der Waals surface area contributed by atoms with Crippen LogP contribution < -0.4 is 5.32 Å². The molecule has 1 fully saturated rings. The molecule has 1 N–H and O–H groups in total. The minimum Gasteiger partial charge on any atom is -0.369 e. The van der Waals surface area contributed by atoms with Gasteiger partial charge in [-0.25, -0.2) is 0 Å². The average molecular weight is 275 g/mol. The molecule has 2 nitrogen and oxygen atoms in total. The summed E-state index contributed by atoms with van der Waals surface area (Å²) in [6.07, 6.45) is 7.10. The topological polar surface area (TPSA) is 21.3 Å². The van der Waals surface area contributed by atoms with E-state index >= 15 is 0 Å². The smallest absolute Gasteiger partial charge is 0.0953 e. The van der Waals surface area contributed by atoms with E-state index in [1.807, 2.05) is 0 Å². The second kappa shape index (κ2) is 7.80. The van der Waals surface area contributed by atoms with Gasteiger partial charge in [0.2, 0.25) is 0 Å². The van der Waals surface area contributed by atoms with Crippen molar-refractivity contribution in [3.05, 3.63) is 35.4 Å². The van der Waals surface area contributed by atoms with Crippen LogP contribution in [0, 0.1) is 6.92 Å². The van der Waals surface area contributed by atoms with Crippen molar-refractivity contribution < 1.29 is 4.74 Å². The molecule has 1 unspecified atom stereocenters. The van der Waals surface area contributed by atoms with Gasteiger partial charge in [-0.3, -0.25) is 0 Å². The summed E-state index contributed by atoms with van der Waals surface area (Å²) in [4.78, 5) is 0. The van der Waals surface area contributed by atoms with Crippen LogP contribution in [0.4, 0.5) is 0 Å². The van der Waals surface area contributed by atoms with Crippen molar-refractivity contribution in [1.29, 1.82) is 0 Å². The molecule has 112 valence electrons. The monoisotopic (exact) mass is 275 g/mol. The molecule has 1 aliphatic carbocycles. The summed E-state index contributed by atoms with van der Waals surface area (Å²) >= 11 is 0. The fourth-order valence-electron chi connectivity index (χ4n) is 2.80. The molecule has 0 amide bonds. The van der Waals surface area contributed by atoms with Gasteiger partial charge in [0.05, 0.1) is 12.2 Å². The molecule has 0 aromatic heterocycles. The van der Waals surface area contributed by atoms with Crippen molar-refractivity contribution in [2.24, 2.45) is 0 Å². The fourth-order valence-corrected chi connectivity index (χ4v) is 2.80. The standard InChI is InChI=1S/C18H29NO/c1-14(2)19-13-18(16-11-9-15(3)10-12-16)20-17-7-5-4-6-8-17/h9-12,14,17-19H,4-8,13H2,1-3H3. The molecule has 0 spiro atoms. The largest absolute Gasteiger partial charge is 0.369 e. The Balaban J connectivity index is 2.00. The highest BCUT2D eigenvalue weighted by Crippen LogP contribution is 2.27. The zero-order chi connectivity index (χ0) is 14.4. The zero-order valence-electron chi connectivity index (χ0n) is 13.2. The van der Waals surface area contributed by atoms with Gasteiger partial charge in [0, 0.05) is 12.6 Å². The molecule has 1 aromatic rings. The molecule has 1 atom stereocenters. The highest BCUT2D eigenvalue weighted by Gasteiger charge is 2.20. The van der Waals surface area contributed by atoms with Crippen LogP contribution in [0.2, 0.25) is 0 Å². The molecule has 2 rings (SSSR count). The lowest BCUT2D eigenvalue weighted by Gasteiger charge is -2.29. The maximum atomic E-state index is 6.41. The SMILES string of the molecule is Cc1ccc(C(CNC(C)C)OC2CCCCC2)cc1. The molecule has 2 heteroatoms. The van der Waals surface area contributed by atoms with Crippen molar-refractivity contribution in [2.75, 3.05) is 6.54 Å². The number of hydrogen-bond acceptors (Lipinski definition) is 2. The molecule has 0 radical (unpaired) electrons. The van der Waals surface area contributed by atoms with Gasteiger partial charge in [0.1, 0.15) is 0 Å². The van der Waals surface area contributed by atoms with Gasteiger partial charge in [0.25, 0.3) is 0 Å². The van der Waals surface area contributed by atoms with Crippen LogP contribution in [0.25, 0.3) is 0 Å². The lowest BCUT2D eigenvalue weighted by atomic mass is 9.97. The predicted molar refractivity (Wildman–Crippen MR) is 85.0 cm³/mol. The van der Waals surface area contributed by atoms with E-state index in [0.29, 0.717) is 12.1 Å². The molecule has 0 bridgehead atoms. The summed E-state index contributed by atoms with van der Waals surface area (Å²) < 4.78 is 6.41. The molecule has 1 aromatic carbocycles. The predicted octanol–water partition coefficient (Wildman–Crippen LogP) is 4.38. The molecular weight excluding hydrogens is 246 g/mol. The lowest BCUT2D eigenvalue weighted by Crippen LogP contribution is -2.31. The number of aryl methyl sites for hydroxylation is 1. The van der Waals surface area contributed by atoms with Crippen LogP contribution in [0.3, 0.4) is 0 Å². The summed E-state index contributed by atoms with van der Waals surface area (Å²) in [5.74, 6) is 0. The summed E-state index contributed by atoms with van der Waals surface area (Å²) in [6.45, 7) is 7.41. The summed E-state index contributed by atoms with van der Waals surface area (Å²) in [5.41, 5.74) is 2.61. The van der Waals surface area contributed by atoms with Crippen LogP contribution in [-0.2, 0) is 4.74 Å². The normalized spacial score (nSPS) is 18.4. The van der Waals surface area contributed by atoms with Gasteiger partial charge in [-0.1, -0.05) is 62.9 Å². The van der Waals surface area contributed by atoms with Crippen molar-refractivity contribution in [3.8, 4) is 0 Å². The van der Waals surface area contributed by atoms with Crippen molar-refractivity contribution in [1.82, 2.24) is 5.32 Å². The Bertz CT molecular complexity index is 379. The van der Waals surface area contributed by atoms with Gasteiger partial charge in [-0.15, -0.1) is 0 Å². The van der Waals surface area contributed by atoms with E-state index < -0.39 is 0 Å². The van der Waals surface area contributed by atoms with E-state index in [-0.39, 0.29) is 6.10 Å². The highest BCUT2D eigenvalue weighted by molar-refractivity contribution is 5.23. The summed E-state index contributed by atoms with van der Waals surface area (Å²) in [7, 11) is 0. The fraction of sp³-hybridized carbons (Fsp3) is 0.667. The van der Waals surface area contributed by atoms with Gasteiger partial charge >= 0.3 is 0 Å². The first-order chi connectivity index (χ1) is 9.65. The number of nitrogens with one attached hydrogen (secondary N) is 1. The van der Waals surface area contributed by atoms with E-state index in [1.165, 1.54) is 43.2 Å².